The Bertz CT molecular complexity index is 798. The average molecular weight is 436 g/mol. The molecule has 156 valence electrons. The van der Waals surface area contributed by atoms with E-state index in [0.29, 0.717) is 23.0 Å². The van der Waals surface area contributed by atoms with Crippen LogP contribution in [0.15, 0.2) is 48.5 Å². The number of halogens is 2. The molecule has 2 aromatic rings. The van der Waals surface area contributed by atoms with Crippen LogP contribution in [-0.4, -0.2) is 40.7 Å². The molecule has 1 aliphatic rings. The number of hydrogen-bond donors (Lipinski definition) is 1. The van der Waals surface area contributed by atoms with Gasteiger partial charge in [-0.15, -0.1) is 0 Å². The third kappa shape index (κ3) is 4.61. The second-order valence-electron chi connectivity index (χ2n) is 8.11. The summed E-state index contributed by atoms with van der Waals surface area (Å²) in [6.07, 6.45) is 1.56. The third-order valence-corrected chi connectivity index (χ3v) is 6.03. The van der Waals surface area contributed by atoms with Crippen LogP contribution in [0, 0.1) is 0 Å². The quantitative estimate of drug-likeness (QED) is 0.691. The maximum Gasteiger partial charge on any atom is 0.249 e. The van der Waals surface area contributed by atoms with E-state index in [1.807, 2.05) is 48.5 Å². The predicted octanol–water partition coefficient (Wildman–Crippen LogP) is 5.04. The molecular formula is C23H27Cl2NO3. The maximum absolute atomic E-state index is 12.9. The minimum atomic E-state index is -1.03. The van der Waals surface area contributed by atoms with Crippen molar-refractivity contribution in [3.63, 3.8) is 0 Å². The highest BCUT2D eigenvalue weighted by molar-refractivity contribution is 6.30. The number of amides is 1. The molecule has 4 nitrogen and oxygen atoms in total. The van der Waals surface area contributed by atoms with E-state index in [-0.39, 0.29) is 18.6 Å². The zero-order valence-corrected chi connectivity index (χ0v) is 18.5. The van der Waals surface area contributed by atoms with Crippen LogP contribution in [0.4, 0.5) is 0 Å². The molecule has 1 saturated heterocycles. The SMILES string of the molecule is CCC[C@@H](N1CC(c2ccc(Cl)cc2)(c2ccc(Cl)cc2)OCC1=O)C(C)(C)O. The zero-order chi connectivity index (χ0) is 21.2. The molecule has 2 aromatic carbocycles. The Morgan fingerprint density at radius 2 is 1.55 bits per heavy atom. The molecule has 1 atom stereocenters. The van der Waals surface area contributed by atoms with Gasteiger partial charge in [-0.2, -0.15) is 0 Å². The Hall–Kier alpha value is -1.59. The highest BCUT2D eigenvalue weighted by Gasteiger charge is 2.47. The van der Waals surface area contributed by atoms with E-state index in [4.69, 9.17) is 27.9 Å². The van der Waals surface area contributed by atoms with Crippen LogP contribution >= 0.6 is 23.2 Å². The monoisotopic (exact) mass is 435 g/mol. The molecule has 0 aromatic heterocycles. The lowest BCUT2D eigenvalue weighted by Gasteiger charge is -2.48. The summed E-state index contributed by atoms with van der Waals surface area (Å²) in [5.74, 6) is -0.121. The number of hydrogen-bond acceptors (Lipinski definition) is 3. The molecule has 0 spiro atoms. The van der Waals surface area contributed by atoms with Crippen LogP contribution in [-0.2, 0) is 15.1 Å². The summed E-state index contributed by atoms with van der Waals surface area (Å²) in [5.41, 5.74) is -0.116. The summed E-state index contributed by atoms with van der Waals surface area (Å²) in [5, 5.41) is 12.1. The number of carbonyl (C=O) groups is 1. The number of morpholine rings is 1. The predicted molar refractivity (Wildman–Crippen MR) is 116 cm³/mol. The van der Waals surface area contributed by atoms with Crippen molar-refractivity contribution in [1.82, 2.24) is 4.90 Å². The molecule has 1 aliphatic heterocycles. The molecule has 0 bridgehead atoms. The zero-order valence-electron chi connectivity index (χ0n) is 17.0. The minimum absolute atomic E-state index is 0.0679. The van der Waals surface area contributed by atoms with E-state index in [9.17, 15) is 9.90 Å². The van der Waals surface area contributed by atoms with Crippen LogP contribution in [0.25, 0.3) is 0 Å². The van der Waals surface area contributed by atoms with Crippen LogP contribution in [0.3, 0.4) is 0 Å². The first-order valence-electron chi connectivity index (χ1n) is 9.85. The van der Waals surface area contributed by atoms with Gasteiger partial charge >= 0.3 is 0 Å². The topological polar surface area (TPSA) is 49.8 Å². The van der Waals surface area contributed by atoms with Crippen molar-refractivity contribution in [3.05, 3.63) is 69.7 Å². The number of rotatable bonds is 6. The molecule has 0 saturated carbocycles. The van der Waals surface area contributed by atoms with Gasteiger partial charge in [0.2, 0.25) is 5.91 Å². The van der Waals surface area contributed by atoms with Crippen molar-refractivity contribution in [2.24, 2.45) is 0 Å². The van der Waals surface area contributed by atoms with Gasteiger partial charge in [0.05, 0.1) is 18.2 Å². The summed E-state index contributed by atoms with van der Waals surface area (Å²) in [6, 6.07) is 14.6. The first kappa shape index (κ1) is 22.1. The van der Waals surface area contributed by atoms with E-state index in [2.05, 4.69) is 6.92 Å². The maximum atomic E-state index is 12.9. The van der Waals surface area contributed by atoms with Gasteiger partial charge in [-0.3, -0.25) is 4.79 Å². The van der Waals surface area contributed by atoms with E-state index >= 15 is 0 Å². The highest BCUT2D eigenvalue weighted by atomic mass is 35.5. The van der Waals surface area contributed by atoms with Crippen molar-refractivity contribution in [2.45, 2.75) is 50.9 Å². The average Bonchev–Trinajstić information content (AvgIpc) is 2.67. The number of carbonyl (C=O) groups excluding carboxylic acids is 1. The Morgan fingerprint density at radius 1 is 1.07 bits per heavy atom. The highest BCUT2D eigenvalue weighted by Crippen LogP contribution is 2.40. The Kier molecular flexibility index (Phi) is 6.59. The van der Waals surface area contributed by atoms with Gasteiger partial charge in [-0.25, -0.2) is 0 Å². The smallest absolute Gasteiger partial charge is 0.249 e. The largest absolute Gasteiger partial charge is 0.388 e. The van der Waals surface area contributed by atoms with Gasteiger partial charge in [0.1, 0.15) is 12.2 Å². The van der Waals surface area contributed by atoms with Crippen LogP contribution in [0.5, 0.6) is 0 Å². The second-order valence-corrected chi connectivity index (χ2v) is 8.98. The van der Waals surface area contributed by atoms with Crippen molar-refractivity contribution in [2.75, 3.05) is 13.2 Å². The number of aliphatic hydroxyl groups is 1. The first-order valence-corrected chi connectivity index (χ1v) is 10.6. The number of ether oxygens (including phenoxy) is 1. The molecule has 3 rings (SSSR count). The normalized spacial score (nSPS) is 18.0. The molecule has 0 radical (unpaired) electrons. The summed E-state index contributed by atoms with van der Waals surface area (Å²) in [6.45, 7) is 5.78. The van der Waals surface area contributed by atoms with E-state index in [1.165, 1.54) is 0 Å². The van der Waals surface area contributed by atoms with Gasteiger partial charge in [-0.05, 0) is 55.7 Å². The molecule has 1 N–H and O–H groups in total. The van der Waals surface area contributed by atoms with Crippen molar-refractivity contribution < 1.29 is 14.6 Å². The van der Waals surface area contributed by atoms with Crippen LogP contribution < -0.4 is 0 Å². The summed E-state index contributed by atoms with van der Waals surface area (Å²) >= 11 is 12.2. The van der Waals surface area contributed by atoms with Gasteiger partial charge < -0.3 is 14.7 Å². The number of nitrogens with zero attached hydrogens (tertiary/aromatic N) is 1. The Morgan fingerprint density at radius 3 is 1.97 bits per heavy atom. The van der Waals surface area contributed by atoms with E-state index in [0.717, 1.165) is 17.5 Å². The van der Waals surface area contributed by atoms with Gasteiger partial charge in [0.25, 0.3) is 0 Å². The fourth-order valence-electron chi connectivity index (χ4n) is 4.04. The molecule has 6 heteroatoms. The van der Waals surface area contributed by atoms with E-state index < -0.39 is 11.2 Å². The molecule has 1 fully saturated rings. The molecule has 1 amide bonds. The van der Waals surface area contributed by atoms with E-state index in [1.54, 1.807) is 18.7 Å². The standard InChI is InChI=1S/C23H27Cl2NO3/c1-4-5-20(22(2,3)28)26-15-23(29-14-21(26)27,16-6-10-18(24)11-7-16)17-8-12-19(25)13-9-17/h6-13,20,28H,4-5,14-15H2,1-3H3/t20-/m1/s1. The lowest BCUT2D eigenvalue weighted by Crippen LogP contribution is -2.61. The van der Waals surface area contributed by atoms with Crippen molar-refractivity contribution in [3.8, 4) is 0 Å². The molecule has 29 heavy (non-hydrogen) atoms. The fourth-order valence-corrected chi connectivity index (χ4v) is 4.30. The van der Waals surface area contributed by atoms with Crippen molar-refractivity contribution >= 4 is 29.1 Å². The summed E-state index contributed by atoms with van der Waals surface area (Å²) in [4.78, 5) is 14.6. The van der Waals surface area contributed by atoms with Gasteiger partial charge in [-0.1, -0.05) is 60.8 Å². The lowest BCUT2D eigenvalue weighted by atomic mass is 9.82. The van der Waals surface area contributed by atoms with Gasteiger partial charge in [0, 0.05) is 10.0 Å². The summed E-state index contributed by atoms with van der Waals surface area (Å²) < 4.78 is 6.24. The minimum Gasteiger partial charge on any atom is -0.388 e. The number of benzene rings is 2. The van der Waals surface area contributed by atoms with Crippen LogP contribution in [0.2, 0.25) is 10.0 Å². The van der Waals surface area contributed by atoms with Crippen LogP contribution in [0.1, 0.15) is 44.7 Å². The molecule has 1 heterocycles. The Labute approximate surface area is 182 Å². The van der Waals surface area contributed by atoms with Gasteiger partial charge in [0.15, 0.2) is 0 Å². The molecule has 0 aliphatic carbocycles. The van der Waals surface area contributed by atoms with Crippen molar-refractivity contribution in [1.29, 1.82) is 0 Å². The molecular weight excluding hydrogens is 409 g/mol. The fraction of sp³-hybridized carbons (Fsp3) is 0.435. The lowest BCUT2D eigenvalue weighted by molar-refractivity contribution is -0.171. The second kappa shape index (κ2) is 8.65. The molecule has 0 unspecified atom stereocenters. The summed E-state index contributed by atoms with van der Waals surface area (Å²) in [7, 11) is 0. The third-order valence-electron chi connectivity index (χ3n) is 5.53. The Balaban J connectivity index is 2.11. The first-order chi connectivity index (χ1) is 13.7.